The van der Waals surface area contributed by atoms with Crippen molar-refractivity contribution in [3.8, 4) is 11.1 Å². The normalized spacial score (nSPS) is 10.6. The molecule has 1 amide bonds. The first-order valence-electron chi connectivity index (χ1n) is 6.06. The van der Waals surface area contributed by atoms with Crippen LogP contribution >= 0.6 is 0 Å². The van der Waals surface area contributed by atoms with Gasteiger partial charge in [-0.1, -0.05) is 38.1 Å². The van der Waals surface area contributed by atoms with Gasteiger partial charge in [-0.3, -0.25) is 4.79 Å². The van der Waals surface area contributed by atoms with Gasteiger partial charge in [0.15, 0.2) is 0 Å². The summed E-state index contributed by atoms with van der Waals surface area (Å²) < 4.78 is 5.05. The van der Waals surface area contributed by atoms with Gasteiger partial charge in [0.1, 0.15) is 0 Å². The predicted molar refractivity (Wildman–Crippen MR) is 70.8 cm³/mol. The molecule has 0 aliphatic carbocycles. The Balaban J connectivity index is 1.98. The van der Waals surface area contributed by atoms with Crippen molar-refractivity contribution in [1.82, 2.24) is 5.32 Å². The third-order valence-electron chi connectivity index (χ3n) is 2.80. The second-order valence-corrected chi connectivity index (χ2v) is 4.58. The molecule has 0 spiro atoms. The SMILES string of the molecule is CC(C)C(=O)NCc1ccc(-c2ccoc2)cc1. The Morgan fingerprint density at radius 2 is 1.89 bits per heavy atom. The van der Waals surface area contributed by atoms with E-state index in [1.807, 2.05) is 44.2 Å². The van der Waals surface area contributed by atoms with Gasteiger partial charge in [0.2, 0.25) is 5.91 Å². The molecule has 1 N–H and O–H groups in total. The monoisotopic (exact) mass is 243 g/mol. The predicted octanol–water partition coefficient (Wildman–Crippen LogP) is 3.22. The van der Waals surface area contributed by atoms with E-state index in [0.29, 0.717) is 6.54 Å². The number of carbonyl (C=O) groups excluding carboxylic acids is 1. The van der Waals surface area contributed by atoms with E-state index in [4.69, 9.17) is 4.42 Å². The molecule has 3 nitrogen and oxygen atoms in total. The average molecular weight is 243 g/mol. The molecule has 0 atom stereocenters. The van der Waals surface area contributed by atoms with Gasteiger partial charge in [0, 0.05) is 18.0 Å². The van der Waals surface area contributed by atoms with Gasteiger partial charge in [0.05, 0.1) is 12.5 Å². The molecule has 94 valence electrons. The summed E-state index contributed by atoms with van der Waals surface area (Å²) in [5, 5.41) is 2.90. The minimum Gasteiger partial charge on any atom is -0.472 e. The fourth-order valence-corrected chi connectivity index (χ4v) is 1.64. The molecule has 0 saturated carbocycles. The number of hydrogen-bond donors (Lipinski definition) is 1. The van der Waals surface area contributed by atoms with Crippen LogP contribution in [0.5, 0.6) is 0 Å². The Kier molecular flexibility index (Phi) is 3.82. The summed E-state index contributed by atoms with van der Waals surface area (Å²) in [6.45, 7) is 4.34. The van der Waals surface area contributed by atoms with Crippen LogP contribution in [0.4, 0.5) is 0 Å². The summed E-state index contributed by atoms with van der Waals surface area (Å²) in [7, 11) is 0. The maximum absolute atomic E-state index is 11.4. The highest BCUT2D eigenvalue weighted by Crippen LogP contribution is 2.19. The Bertz CT molecular complexity index is 498. The number of furan rings is 1. The quantitative estimate of drug-likeness (QED) is 0.895. The Morgan fingerprint density at radius 1 is 1.17 bits per heavy atom. The summed E-state index contributed by atoms with van der Waals surface area (Å²) in [5.74, 6) is 0.101. The Morgan fingerprint density at radius 3 is 2.44 bits per heavy atom. The lowest BCUT2D eigenvalue weighted by molar-refractivity contribution is -0.124. The van der Waals surface area contributed by atoms with Crippen molar-refractivity contribution in [1.29, 1.82) is 0 Å². The average Bonchev–Trinajstić information content (AvgIpc) is 2.90. The maximum atomic E-state index is 11.4. The van der Waals surface area contributed by atoms with E-state index in [1.54, 1.807) is 12.5 Å². The van der Waals surface area contributed by atoms with Crippen molar-refractivity contribution >= 4 is 5.91 Å². The summed E-state index contributed by atoms with van der Waals surface area (Å²) in [4.78, 5) is 11.4. The third kappa shape index (κ3) is 3.00. The van der Waals surface area contributed by atoms with E-state index in [1.165, 1.54) is 0 Å². The first-order valence-corrected chi connectivity index (χ1v) is 6.06. The van der Waals surface area contributed by atoms with Crippen LogP contribution in [0.1, 0.15) is 19.4 Å². The molecule has 1 heterocycles. The zero-order chi connectivity index (χ0) is 13.0. The van der Waals surface area contributed by atoms with Gasteiger partial charge in [-0.15, -0.1) is 0 Å². The minimum atomic E-state index is 0.0233. The largest absolute Gasteiger partial charge is 0.472 e. The number of rotatable bonds is 4. The molecule has 2 aromatic rings. The molecule has 0 aliphatic heterocycles. The van der Waals surface area contributed by atoms with Gasteiger partial charge in [0.25, 0.3) is 0 Å². The van der Waals surface area contributed by atoms with E-state index >= 15 is 0 Å². The third-order valence-corrected chi connectivity index (χ3v) is 2.80. The molecule has 0 aliphatic rings. The Hall–Kier alpha value is -2.03. The molecule has 0 unspecified atom stereocenters. The molecule has 0 fully saturated rings. The first kappa shape index (κ1) is 12.4. The molecule has 1 aromatic heterocycles. The van der Waals surface area contributed by atoms with Crippen LogP contribution in [0, 0.1) is 5.92 Å². The van der Waals surface area contributed by atoms with Crippen molar-refractivity contribution in [3.63, 3.8) is 0 Å². The van der Waals surface area contributed by atoms with E-state index in [-0.39, 0.29) is 11.8 Å². The minimum absolute atomic E-state index is 0.0233. The van der Waals surface area contributed by atoms with Gasteiger partial charge in [-0.05, 0) is 17.2 Å². The van der Waals surface area contributed by atoms with E-state index in [9.17, 15) is 4.79 Å². The summed E-state index contributed by atoms with van der Waals surface area (Å²) in [6.07, 6.45) is 3.38. The highest BCUT2D eigenvalue weighted by molar-refractivity contribution is 5.77. The van der Waals surface area contributed by atoms with Crippen molar-refractivity contribution in [2.24, 2.45) is 5.92 Å². The Labute approximate surface area is 107 Å². The number of amides is 1. The zero-order valence-corrected chi connectivity index (χ0v) is 10.6. The first-order chi connectivity index (χ1) is 8.66. The molecular formula is C15H17NO2. The molecule has 0 radical (unpaired) electrons. The molecular weight excluding hydrogens is 226 g/mol. The number of nitrogens with one attached hydrogen (secondary N) is 1. The van der Waals surface area contributed by atoms with Crippen LogP contribution in [0.15, 0.2) is 47.3 Å². The molecule has 18 heavy (non-hydrogen) atoms. The van der Waals surface area contributed by atoms with Crippen molar-refractivity contribution in [2.45, 2.75) is 20.4 Å². The topological polar surface area (TPSA) is 42.2 Å². The second-order valence-electron chi connectivity index (χ2n) is 4.58. The molecule has 3 heteroatoms. The van der Waals surface area contributed by atoms with Crippen LogP contribution < -0.4 is 5.32 Å². The lowest BCUT2D eigenvalue weighted by atomic mass is 10.1. The molecule has 1 aromatic carbocycles. The number of carbonyl (C=O) groups is 1. The van der Waals surface area contributed by atoms with E-state index < -0.39 is 0 Å². The summed E-state index contributed by atoms with van der Waals surface area (Å²) in [6, 6.07) is 10.0. The summed E-state index contributed by atoms with van der Waals surface area (Å²) >= 11 is 0. The number of hydrogen-bond acceptors (Lipinski definition) is 2. The molecule has 0 saturated heterocycles. The smallest absolute Gasteiger partial charge is 0.222 e. The fraction of sp³-hybridized carbons (Fsp3) is 0.267. The highest BCUT2D eigenvalue weighted by atomic mass is 16.3. The van der Waals surface area contributed by atoms with Crippen molar-refractivity contribution in [3.05, 3.63) is 48.4 Å². The van der Waals surface area contributed by atoms with Crippen molar-refractivity contribution in [2.75, 3.05) is 0 Å². The van der Waals surface area contributed by atoms with Crippen LogP contribution in [0.3, 0.4) is 0 Å². The number of benzene rings is 1. The molecule has 0 bridgehead atoms. The lowest BCUT2D eigenvalue weighted by Crippen LogP contribution is -2.27. The second kappa shape index (κ2) is 5.54. The standard InChI is InChI=1S/C15H17NO2/c1-11(2)15(17)16-9-12-3-5-13(6-4-12)14-7-8-18-10-14/h3-8,10-11H,9H2,1-2H3,(H,16,17). The van der Waals surface area contributed by atoms with Crippen LogP contribution in [0.2, 0.25) is 0 Å². The van der Waals surface area contributed by atoms with E-state index in [2.05, 4.69) is 5.32 Å². The van der Waals surface area contributed by atoms with Gasteiger partial charge < -0.3 is 9.73 Å². The maximum Gasteiger partial charge on any atom is 0.222 e. The van der Waals surface area contributed by atoms with Gasteiger partial charge in [-0.2, -0.15) is 0 Å². The van der Waals surface area contributed by atoms with E-state index in [0.717, 1.165) is 16.7 Å². The zero-order valence-electron chi connectivity index (χ0n) is 10.6. The van der Waals surface area contributed by atoms with Crippen molar-refractivity contribution < 1.29 is 9.21 Å². The van der Waals surface area contributed by atoms with Crippen LogP contribution in [-0.2, 0) is 11.3 Å². The highest BCUT2D eigenvalue weighted by Gasteiger charge is 2.06. The fourth-order valence-electron chi connectivity index (χ4n) is 1.64. The lowest BCUT2D eigenvalue weighted by Gasteiger charge is -2.08. The molecule has 2 rings (SSSR count). The van der Waals surface area contributed by atoms with Gasteiger partial charge >= 0.3 is 0 Å². The van der Waals surface area contributed by atoms with Crippen LogP contribution in [0.25, 0.3) is 11.1 Å². The summed E-state index contributed by atoms with van der Waals surface area (Å²) in [5.41, 5.74) is 3.27. The van der Waals surface area contributed by atoms with Crippen LogP contribution in [-0.4, -0.2) is 5.91 Å². The van der Waals surface area contributed by atoms with Gasteiger partial charge in [-0.25, -0.2) is 0 Å².